The fraction of sp³-hybridized carbons (Fsp3) is 0.333. The molecule has 0 atom stereocenters. The summed E-state index contributed by atoms with van der Waals surface area (Å²) in [5.41, 5.74) is 2.37. The molecule has 2 heterocycles. The molecule has 0 saturated carbocycles. The Bertz CT molecular complexity index is 481. The number of nitrogens with one attached hydrogen (secondary N) is 2. The van der Waals surface area contributed by atoms with Gasteiger partial charge in [-0.2, -0.15) is 0 Å². The van der Waals surface area contributed by atoms with Crippen LogP contribution in [-0.2, 0) is 0 Å². The maximum Gasteiger partial charge on any atom is 0.325 e. The van der Waals surface area contributed by atoms with Crippen LogP contribution < -0.4 is 5.69 Å². The summed E-state index contributed by atoms with van der Waals surface area (Å²) < 4.78 is 0. The lowest BCUT2D eigenvalue weighted by Gasteiger charge is -2.04. The molecule has 0 amide bonds. The number of fused-ring (bicyclic) bond motifs is 1. The molecule has 0 fully saturated rings. The number of aromatic nitrogens is 3. The Morgan fingerprint density at radius 2 is 2.15 bits per heavy atom. The molecule has 4 heteroatoms. The maximum atomic E-state index is 11.0. The van der Waals surface area contributed by atoms with Crippen molar-refractivity contribution in [1.82, 2.24) is 15.0 Å². The summed E-state index contributed by atoms with van der Waals surface area (Å²) in [6.07, 6.45) is 1.71. The molecule has 0 aliphatic heterocycles. The predicted octanol–water partition coefficient (Wildman–Crippen LogP) is 1.37. The molecule has 2 rings (SSSR count). The minimum atomic E-state index is -0.199. The first-order chi connectivity index (χ1) is 6.18. The number of imidazole rings is 1. The van der Waals surface area contributed by atoms with Gasteiger partial charge in [0, 0.05) is 6.20 Å². The Hall–Kier alpha value is -1.58. The third kappa shape index (κ3) is 1.24. The largest absolute Gasteiger partial charge is 0.325 e. The standard InChI is InChI=1S/C9H11N3O/c1-5(2)6-3-4-10-8-7(6)11-9(13)12-8/h3-5H,1-2H3,(H2,10,11,12,13). The van der Waals surface area contributed by atoms with Crippen molar-refractivity contribution >= 4 is 11.2 Å². The second-order valence-corrected chi connectivity index (χ2v) is 3.36. The van der Waals surface area contributed by atoms with Gasteiger partial charge < -0.3 is 4.98 Å². The van der Waals surface area contributed by atoms with Gasteiger partial charge in [0.1, 0.15) is 0 Å². The fourth-order valence-electron chi connectivity index (χ4n) is 1.44. The Morgan fingerprint density at radius 3 is 2.85 bits per heavy atom. The van der Waals surface area contributed by atoms with Crippen LogP contribution in [0, 0.1) is 0 Å². The zero-order valence-electron chi connectivity index (χ0n) is 7.59. The van der Waals surface area contributed by atoms with E-state index in [1.165, 1.54) is 0 Å². The van der Waals surface area contributed by atoms with E-state index in [1.54, 1.807) is 6.20 Å². The SMILES string of the molecule is CC(C)c1ccnc2[nH]c(=O)[nH]c12. The summed E-state index contributed by atoms with van der Waals surface area (Å²) in [5.74, 6) is 0.386. The molecule has 2 aromatic heterocycles. The van der Waals surface area contributed by atoms with Crippen molar-refractivity contribution in [3.8, 4) is 0 Å². The Morgan fingerprint density at radius 1 is 1.38 bits per heavy atom. The van der Waals surface area contributed by atoms with Gasteiger partial charge in [-0.15, -0.1) is 0 Å². The van der Waals surface area contributed by atoms with Crippen molar-refractivity contribution in [3.63, 3.8) is 0 Å². The summed E-state index contributed by atoms with van der Waals surface area (Å²) in [6.45, 7) is 4.17. The first-order valence-corrected chi connectivity index (χ1v) is 4.25. The summed E-state index contributed by atoms with van der Waals surface area (Å²) in [7, 11) is 0. The highest BCUT2D eigenvalue weighted by molar-refractivity contribution is 5.74. The van der Waals surface area contributed by atoms with Crippen LogP contribution >= 0.6 is 0 Å². The van der Waals surface area contributed by atoms with Gasteiger partial charge >= 0.3 is 5.69 Å². The van der Waals surface area contributed by atoms with Crippen LogP contribution in [0.2, 0.25) is 0 Å². The number of aromatic amines is 2. The van der Waals surface area contributed by atoms with Crippen molar-refractivity contribution < 1.29 is 0 Å². The lowest BCUT2D eigenvalue weighted by atomic mass is 10.0. The average molecular weight is 177 g/mol. The molecule has 2 N–H and O–H groups in total. The molecule has 0 unspecified atom stereocenters. The molecule has 0 saturated heterocycles. The van der Waals surface area contributed by atoms with E-state index in [1.807, 2.05) is 6.07 Å². The van der Waals surface area contributed by atoms with Gasteiger partial charge in [-0.3, -0.25) is 4.98 Å². The molecule has 0 radical (unpaired) electrons. The van der Waals surface area contributed by atoms with E-state index in [0.717, 1.165) is 11.1 Å². The van der Waals surface area contributed by atoms with Gasteiger partial charge in [-0.25, -0.2) is 9.78 Å². The molecule has 0 aromatic carbocycles. The Kier molecular flexibility index (Phi) is 1.69. The highest BCUT2D eigenvalue weighted by Crippen LogP contribution is 2.19. The third-order valence-corrected chi connectivity index (χ3v) is 2.08. The van der Waals surface area contributed by atoms with Crippen LogP contribution in [0.25, 0.3) is 11.2 Å². The third-order valence-electron chi connectivity index (χ3n) is 2.08. The number of nitrogens with zero attached hydrogens (tertiary/aromatic N) is 1. The van der Waals surface area contributed by atoms with Crippen molar-refractivity contribution in [2.45, 2.75) is 19.8 Å². The molecule has 68 valence electrons. The van der Waals surface area contributed by atoms with Crippen LogP contribution in [0.4, 0.5) is 0 Å². The predicted molar refractivity (Wildman–Crippen MR) is 50.8 cm³/mol. The van der Waals surface area contributed by atoms with Crippen molar-refractivity contribution in [2.75, 3.05) is 0 Å². The number of hydrogen-bond acceptors (Lipinski definition) is 2. The minimum absolute atomic E-state index is 0.199. The monoisotopic (exact) mass is 177 g/mol. The first kappa shape index (κ1) is 8.04. The lowest BCUT2D eigenvalue weighted by Crippen LogP contribution is -1.99. The summed E-state index contributed by atoms with van der Waals surface area (Å²) in [4.78, 5) is 20.4. The minimum Gasteiger partial charge on any atom is -0.304 e. The van der Waals surface area contributed by atoms with Crippen LogP contribution in [-0.4, -0.2) is 15.0 Å². The molecule has 13 heavy (non-hydrogen) atoms. The lowest BCUT2D eigenvalue weighted by molar-refractivity contribution is 0.871. The van der Waals surface area contributed by atoms with Crippen LogP contribution in [0.15, 0.2) is 17.1 Å². The summed E-state index contributed by atoms with van der Waals surface area (Å²) in [6, 6.07) is 1.93. The van der Waals surface area contributed by atoms with Gasteiger partial charge in [0.2, 0.25) is 0 Å². The first-order valence-electron chi connectivity index (χ1n) is 4.25. The van der Waals surface area contributed by atoms with E-state index in [9.17, 15) is 4.79 Å². The summed E-state index contributed by atoms with van der Waals surface area (Å²) >= 11 is 0. The van der Waals surface area contributed by atoms with E-state index >= 15 is 0 Å². The van der Waals surface area contributed by atoms with Crippen molar-refractivity contribution in [3.05, 3.63) is 28.3 Å². The van der Waals surface area contributed by atoms with E-state index in [4.69, 9.17) is 0 Å². The zero-order chi connectivity index (χ0) is 9.42. The van der Waals surface area contributed by atoms with E-state index in [0.29, 0.717) is 11.6 Å². The van der Waals surface area contributed by atoms with Crippen LogP contribution in [0.3, 0.4) is 0 Å². The zero-order valence-corrected chi connectivity index (χ0v) is 7.59. The highest BCUT2D eigenvalue weighted by atomic mass is 16.1. The molecular weight excluding hydrogens is 166 g/mol. The molecule has 0 bridgehead atoms. The van der Waals surface area contributed by atoms with Gasteiger partial charge in [0.05, 0.1) is 5.52 Å². The molecule has 2 aromatic rings. The van der Waals surface area contributed by atoms with Gasteiger partial charge in [-0.1, -0.05) is 13.8 Å². The Labute approximate surface area is 75.0 Å². The number of rotatable bonds is 1. The number of H-pyrrole nitrogens is 2. The molecular formula is C9H11N3O. The van der Waals surface area contributed by atoms with Crippen LogP contribution in [0.5, 0.6) is 0 Å². The number of hydrogen-bond donors (Lipinski definition) is 2. The van der Waals surface area contributed by atoms with Crippen molar-refractivity contribution in [2.24, 2.45) is 0 Å². The second-order valence-electron chi connectivity index (χ2n) is 3.36. The molecule has 0 aliphatic carbocycles. The molecule has 4 nitrogen and oxygen atoms in total. The van der Waals surface area contributed by atoms with E-state index in [-0.39, 0.29) is 5.69 Å². The van der Waals surface area contributed by atoms with Gasteiger partial charge in [-0.05, 0) is 17.5 Å². The van der Waals surface area contributed by atoms with Gasteiger partial charge in [0.25, 0.3) is 0 Å². The average Bonchev–Trinajstić information content (AvgIpc) is 2.43. The normalized spacial score (nSPS) is 11.3. The highest BCUT2D eigenvalue weighted by Gasteiger charge is 2.07. The summed E-state index contributed by atoms with van der Waals surface area (Å²) in [5, 5.41) is 0. The smallest absolute Gasteiger partial charge is 0.304 e. The quantitative estimate of drug-likeness (QED) is 0.691. The second kappa shape index (κ2) is 2.73. The van der Waals surface area contributed by atoms with Gasteiger partial charge in [0.15, 0.2) is 5.65 Å². The van der Waals surface area contributed by atoms with Crippen molar-refractivity contribution in [1.29, 1.82) is 0 Å². The van der Waals surface area contributed by atoms with E-state index in [2.05, 4.69) is 28.8 Å². The number of pyridine rings is 1. The Balaban J connectivity index is 2.82. The molecule has 0 aliphatic rings. The topological polar surface area (TPSA) is 61.5 Å². The fourth-order valence-corrected chi connectivity index (χ4v) is 1.44. The maximum absolute atomic E-state index is 11.0. The van der Waals surface area contributed by atoms with Crippen LogP contribution in [0.1, 0.15) is 25.3 Å². The molecule has 0 spiro atoms. The van der Waals surface area contributed by atoms with E-state index < -0.39 is 0 Å².